The zero-order valence-electron chi connectivity index (χ0n) is 15.3. The number of rotatable bonds is 8. The fourth-order valence-electron chi connectivity index (χ4n) is 3.12. The van der Waals surface area contributed by atoms with Crippen molar-refractivity contribution >= 4 is 17.6 Å². The molecule has 3 rings (SSSR count). The van der Waals surface area contributed by atoms with E-state index >= 15 is 0 Å². The van der Waals surface area contributed by atoms with Crippen LogP contribution in [0.1, 0.15) is 19.3 Å². The summed E-state index contributed by atoms with van der Waals surface area (Å²) < 4.78 is 8.79. The molecule has 0 radical (unpaired) electrons. The molecule has 1 N–H and O–H groups in total. The van der Waals surface area contributed by atoms with Gasteiger partial charge >= 0.3 is 0 Å². The topological polar surface area (TPSA) is 81.4 Å². The lowest BCUT2D eigenvalue weighted by molar-refractivity contribution is -0.122. The molecule has 0 saturated heterocycles. The lowest BCUT2D eigenvalue weighted by Gasteiger charge is -2.27. The quantitative estimate of drug-likeness (QED) is 0.718. The molecule has 0 saturated carbocycles. The van der Waals surface area contributed by atoms with Crippen LogP contribution in [-0.2, 0) is 27.9 Å². The van der Waals surface area contributed by atoms with Gasteiger partial charge in [0.25, 0.3) is 0 Å². The lowest BCUT2D eigenvalue weighted by atomic mass is 10.2. The first kappa shape index (κ1) is 18.2. The van der Waals surface area contributed by atoms with E-state index < -0.39 is 0 Å². The van der Waals surface area contributed by atoms with E-state index in [1.54, 1.807) is 12.0 Å². The third kappa shape index (κ3) is 3.96. The van der Waals surface area contributed by atoms with Crippen molar-refractivity contribution in [3.63, 3.8) is 0 Å². The van der Waals surface area contributed by atoms with E-state index in [-0.39, 0.29) is 11.8 Å². The number of nitrogens with one attached hydrogen (secondary N) is 1. The van der Waals surface area contributed by atoms with Gasteiger partial charge in [-0.1, -0.05) is 0 Å². The summed E-state index contributed by atoms with van der Waals surface area (Å²) in [5, 5.41) is 7.43. The highest BCUT2D eigenvalue weighted by molar-refractivity contribution is 5.94. The Bertz CT molecular complexity index is 780. The maximum Gasteiger partial charge on any atom is 0.229 e. The van der Waals surface area contributed by atoms with Gasteiger partial charge in [-0.25, -0.2) is 4.68 Å². The fourth-order valence-corrected chi connectivity index (χ4v) is 3.12. The summed E-state index contributed by atoms with van der Waals surface area (Å²) in [6.07, 6.45) is 3.39. The van der Waals surface area contributed by atoms with Crippen molar-refractivity contribution < 1.29 is 14.3 Å². The van der Waals surface area contributed by atoms with Crippen molar-refractivity contribution in [1.29, 1.82) is 0 Å². The van der Waals surface area contributed by atoms with Crippen molar-refractivity contribution in [1.82, 2.24) is 19.7 Å². The Balaban J connectivity index is 1.64. The molecule has 0 atom stereocenters. The minimum atomic E-state index is -0.0236. The minimum absolute atomic E-state index is 0.0236. The Morgan fingerprint density at radius 3 is 3.00 bits per heavy atom. The second-order valence-corrected chi connectivity index (χ2v) is 6.36. The first-order chi connectivity index (χ1) is 12.6. The molecule has 2 aromatic heterocycles. The molecular formula is C18H25N5O3. The van der Waals surface area contributed by atoms with Crippen molar-refractivity contribution in [2.75, 3.05) is 31.7 Å². The summed E-state index contributed by atoms with van der Waals surface area (Å²) >= 11 is 0. The maximum atomic E-state index is 12.4. The van der Waals surface area contributed by atoms with Crippen molar-refractivity contribution in [2.24, 2.45) is 7.05 Å². The number of anilines is 1. The molecule has 140 valence electrons. The highest BCUT2D eigenvalue weighted by atomic mass is 16.5. The SMILES string of the molecule is COCCNC(=O)CCCN1C(=O)CCn2nc(-c3cccn3C)cc21. The Kier molecular flexibility index (Phi) is 5.72. The average Bonchev–Trinajstić information content (AvgIpc) is 3.23. The predicted molar refractivity (Wildman–Crippen MR) is 97.7 cm³/mol. The van der Waals surface area contributed by atoms with Crippen LogP contribution in [0.5, 0.6) is 0 Å². The van der Waals surface area contributed by atoms with Crippen molar-refractivity contribution in [3.05, 3.63) is 24.4 Å². The highest BCUT2D eigenvalue weighted by Crippen LogP contribution is 2.28. The van der Waals surface area contributed by atoms with Crippen LogP contribution in [-0.4, -0.2) is 53.0 Å². The Labute approximate surface area is 152 Å². The van der Waals surface area contributed by atoms with E-state index in [0.29, 0.717) is 45.5 Å². The van der Waals surface area contributed by atoms with Gasteiger partial charge in [0.1, 0.15) is 11.5 Å². The number of fused-ring (bicyclic) bond motifs is 1. The molecule has 8 nitrogen and oxygen atoms in total. The highest BCUT2D eigenvalue weighted by Gasteiger charge is 2.26. The molecule has 0 unspecified atom stereocenters. The van der Waals surface area contributed by atoms with Gasteiger partial charge in [-0.3, -0.25) is 14.5 Å². The number of methoxy groups -OCH3 is 1. The van der Waals surface area contributed by atoms with Crippen molar-refractivity contribution in [2.45, 2.75) is 25.8 Å². The number of amides is 2. The van der Waals surface area contributed by atoms with E-state index in [0.717, 1.165) is 17.2 Å². The summed E-state index contributed by atoms with van der Waals surface area (Å²) in [4.78, 5) is 25.9. The van der Waals surface area contributed by atoms with Gasteiger partial charge in [0.05, 0.1) is 18.8 Å². The second-order valence-electron chi connectivity index (χ2n) is 6.36. The van der Waals surface area contributed by atoms with Crippen molar-refractivity contribution in [3.8, 4) is 11.4 Å². The Hall–Kier alpha value is -2.61. The maximum absolute atomic E-state index is 12.4. The summed E-state index contributed by atoms with van der Waals surface area (Å²) in [6.45, 7) is 2.10. The van der Waals surface area contributed by atoms with Crippen LogP contribution in [0.2, 0.25) is 0 Å². The van der Waals surface area contributed by atoms with Crippen LogP contribution < -0.4 is 10.2 Å². The van der Waals surface area contributed by atoms with E-state index in [9.17, 15) is 9.59 Å². The van der Waals surface area contributed by atoms with Gasteiger partial charge in [0.15, 0.2) is 0 Å². The summed E-state index contributed by atoms with van der Waals surface area (Å²) in [5.41, 5.74) is 1.86. The van der Waals surface area contributed by atoms with Crippen LogP contribution in [0.25, 0.3) is 11.4 Å². The van der Waals surface area contributed by atoms with Gasteiger partial charge < -0.3 is 14.6 Å². The average molecular weight is 359 g/mol. The normalized spacial score (nSPS) is 13.8. The smallest absolute Gasteiger partial charge is 0.229 e. The van der Waals surface area contributed by atoms with Crippen LogP contribution in [0.15, 0.2) is 24.4 Å². The first-order valence-electron chi connectivity index (χ1n) is 8.85. The molecule has 1 aliphatic heterocycles. The summed E-state index contributed by atoms with van der Waals surface area (Å²) in [7, 11) is 3.57. The Morgan fingerprint density at radius 1 is 1.42 bits per heavy atom. The monoisotopic (exact) mass is 359 g/mol. The molecular weight excluding hydrogens is 334 g/mol. The van der Waals surface area contributed by atoms with Gasteiger partial charge in [-0.05, 0) is 18.6 Å². The number of carbonyl (C=O) groups is 2. The molecule has 1 aliphatic rings. The van der Waals surface area contributed by atoms with Crippen LogP contribution >= 0.6 is 0 Å². The number of hydrogen-bond donors (Lipinski definition) is 1. The molecule has 3 heterocycles. The molecule has 2 aromatic rings. The number of aromatic nitrogens is 3. The largest absolute Gasteiger partial charge is 0.383 e. The van der Waals surface area contributed by atoms with E-state index in [1.807, 2.05) is 40.7 Å². The van der Waals surface area contributed by atoms with E-state index in [1.165, 1.54) is 0 Å². The second kappa shape index (κ2) is 8.18. The molecule has 8 heteroatoms. The standard InChI is InChI=1S/C18H25N5O3/c1-21-9-3-5-15(21)14-13-17-22(18(25)7-11-23(17)20-14)10-4-6-16(24)19-8-12-26-2/h3,5,9,13H,4,6-8,10-12H2,1-2H3,(H,19,24). The molecule has 0 spiro atoms. The molecule has 26 heavy (non-hydrogen) atoms. The molecule has 0 aliphatic carbocycles. The lowest BCUT2D eigenvalue weighted by Crippen LogP contribution is -2.38. The number of nitrogens with zero attached hydrogens (tertiary/aromatic N) is 4. The molecule has 0 fully saturated rings. The third-order valence-electron chi connectivity index (χ3n) is 4.49. The van der Waals surface area contributed by atoms with Crippen LogP contribution in [0, 0.1) is 0 Å². The zero-order valence-corrected chi connectivity index (χ0v) is 15.3. The van der Waals surface area contributed by atoms with Crippen LogP contribution in [0.4, 0.5) is 5.82 Å². The van der Waals surface area contributed by atoms with Gasteiger partial charge in [0, 0.05) is 52.4 Å². The molecule has 0 bridgehead atoms. The first-order valence-corrected chi connectivity index (χ1v) is 8.85. The summed E-state index contributed by atoms with van der Waals surface area (Å²) in [5.74, 6) is 0.859. The van der Waals surface area contributed by atoms with E-state index in [4.69, 9.17) is 4.74 Å². The minimum Gasteiger partial charge on any atom is -0.383 e. The number of carbonyl (C=O) groups excluding carboxylic acids is 2. The number of hydrogen-bond acceptors (Lipinski definition) is 4. The Morgan fingerprint density at radius 2 is 2.27 bits per heavy atom. The number of ether oxygens (including phenoxy) is 1. The number of aryl methyl sites for hydroxylation is 2. The predicted octanol–water partition coefficient (Wildman–Crippen LogP) is 1.17. The van der Waals surface area contributed by atoms with Crippen LogP contribution in [0.3, 0.4) is 0 Å². The third-order valence-corrected chi connectivity index (χ3v) is 4.49. The molecule has 2 amide bonds. The molecule has 0 aromatic carbocycles. The summed E-state index contributed by atoms with van der Waals surface area (Å²) in [6, 6.07) is 5.93. The van der Waals surface area contributed by atoms with Gasteiger partial charge in [0.2, 0.25) is 11.8 Å². The van der Waals surface area contributed by atoms with Gasteiger partial charge in [-0.2, -0.15) is 5.10 Å². The van der Waals surface area contributed by atoms with Gasteiger partial charge in [-0.15, -0.1) is 0 Å². The fraction of sp³-hybridized carbons (Fsp3) is 0.500. The van der Waals surface area contributed by atoms with E-state index in [2.05, 4.69) is 10.4 Å². The zero-order chi connectivity index (χ0) is 18.5.